The van der Waals surface area contributed by atoms with Gasteiger partial charge in [0.2, 0.25) is 0 Å². The predicted molar refractivity (Wildman–Crippen MR) is 85.8 cm³/mol. The highest BCUT2D eigenvalue weighted by Gasteiger charge is 2.26. The topological polar surface area (TPSA) is 55.6 Å². The van der Waals surface area contributed by atoms with Crippen molar-refractivity contribution >= 4 is 11.5 Å². The summed E-state index contributed by atoms with van der Waals surface area (Å²) in [5.41, 5.74) is 7.14. The molecule has 1 aliphatic heterocycles. The summed E-state index contributed by atoms with van der Waals surface area (Å²) in [5, 5.41) is 0. The van der Waals surface area contributed by atoms with Crippen LogP contribution in [0.5, 0.6) is 5.75 Å². The molecule has 1 saturated heterocycles. The minimum atomic E-state index is 0.130. The van der Waals surface area contributed by atoms with E-state index in [0.717, 1.165) is 0 Å². The summed E-state index contributed by atoms with van der Waals surface area (Å²) in [5.74, 6) is 0.777. The smallest absolute Gasteiger partial charge is 0.176 e. The molecular formula is C17H26N2O2. The Kier molecular flexibility index (Phi) is 5.23. The van der Waals surface area contributed by atoms with Crippen LogP contribution in [-0.2, 0) is 0 Å². The zero-order valence-corrected chi connectivity index (χ0v) is 13.3. The van der Waals surface area contributed by atoms with Gasteiger partial charge < -0.3 is 10.5 Å². The van der Waals surface area contributed by atoms with Crippen molar-refractivity contribution in [3.63, 3.8) is 0 Å². The van der Waals surface area contributed by atoms with Gasteiger partial charge in [0.15, 0.2) is 5.78 Å². The van der Waals surface area contributed by atoms with Gasteiger partial charge in [0.05, 0.1) is 18.8 Å². The number of carbonyl (C=O) groups is 1. The maximum absolute atomic E-state index is 12.5. The number of hydrogen-bond donors (Lipinski definition) is 1. The molecule has 21 heavy (non-hydrogen) atoms. The Labute approximate surface area is 127 Å². The maximum atomic E-state index is 12.5. The number of hydrogen-bond acceptors (Lipinski definition) is 4. The molecule has 0 spiro atoms. The van der Waals surface area contributed by atoms with Crippen molar-refractivity contribution in [1.29, 1.82) is 0 Å². The Morgan fingerprint density at radius 3 is 2.57 bits per heavy atom. The number of likely N-dealkylation sites (tertiary alicyclic amines) is 1. The van der Waals surface area contributed by atoms with E-state index in [1.165, 1.54) is 19.3 Å². The van der Waals surface area contributed by atoms with Crippen molar-refractivity contribution in [2.75, 3.05) is 18.9 Å². The van der Waals surface area contributed by atoms with E-state index in [2.05, 4.69) is 18.7 Å². The van der Waals surface area contributed by atoms with Crippen molar-refractivity contribution in [3.8, 4) is 5.75 Å². The summed E-state index contributed by atoms with van der Waals surface area (Å²) in [4.78, 5) is 14.8. The van der Waals surface area contributed by atoms with Crippen LogP contribution in [0, 0.1) is 0 Å². The molecule has 116 valence electrons. The molecule has 1 aliphatic rings. The van der Waals surface area contributed by atoms with Gasteiger partial charge in [0, 0.05) is 17.6 Å². The number of nitrogens with zero attached hydrogens (tertiary/aromatic N) is 1. The fourth-order valence-corrected chi connectivity index (χ4v) is 3.05. The Bertz CT molecular complexity index is 492. The van der Waals surface area contributed by atoms with Crippen molar-refractivity contribution in [2.45, 2.75) is 52.1 Å². The summed E-state index contributed by atoms with van der Waals surface area (Å²) in [6, 6.07) is 6.26. The Morgan fingerprint density at radius 1 is 1.33 bits per heavy atom. The molecule has 1 aromatic rings. The Morgan fingerprint density at radius 2 is 2.00 bits per heavy atom. The fraction of sp³-hybridized carbons (Fsp3) is 0.588. The summed E-state index contributed by atoms with van der Waals surface area (Å²) < 4.78 is 5.41. The monoisotopic (exact) mass is 290 g/mol. The van der Waals surface area contributed by atoms with Gasteiger partial charge in [-0.15, -0.1) is 0 Å². The van der Waals surface area contributed by atoms with Gasteiger partial charge in [-0.2, -0.15) is 0 Å². The summed E-state index contributed by atoms with van der Waals surface area (Å²) in [6.45, 7) is 7.36. The molecule has 0 radical (unpaired) electrons. The van der Waals surface area contributed by atoms with E-state index >= 15 is 0 Å². The molecule has 2 atom stereocenters. The molecule has 2 N–H and O–H groups in total. The van der Waals surface area contributed by atoms with Gasteiger partial charge >= 0.3 is 0 Å². The third kappa shape index (κ3) is 3.76. The molecule has 0 bridgehead atoms. The molecule has 4 heteroatoms. The Hall–Kier alpha value is -1.55. The lowest BCUT2D eigenvalue weighted by Gasteiger charge is -2.38. The second-order valence-electron chi connectivity index (χ2n) is 5.91. The lowest BCUT2D eigenvalue weighted by molar-refractivity contribution is 0.0734. The van der Waals surface area contributed by atoms with Crippen LogP contribution in [-0.4, -0.2) is 35.9 Å². The van der Waals surface area contributed by atoms with Crippen molar-refractivity contribution in [3.05, 3.63) is 23.8 Å². The van der Waals surface area contributed by atoms with Crippen LogP contribution < -0.4 is 10.5 Å². The second kappa shape index (κ2) is 6.94. The van der Waals surface area contributed by atoms with Gasteiger partial charge in [-0.3, -0.25) is 9.69 Å². The van der Waals surface area contributed by atoms with Crippen molar-refractivity contribution < 1.29 is 9.53 Å². The summed E-state index contributed by atoms with van der Waals surface area (Å²) in [6.07, 6.45) is 3.59. The number of rotatable bonds is 5. The third-order valence-corrected chi connectivity index (χ3v) is 4.33. The second-order valence-corrected chi connectivity index (χ2v) is 5.91. The number of nitrogens with two attached hydrogens (primary N) is 1. The number of ketones is 1. The molecule has 0 aliphatic carbocycles. The number of nitrogen functional groups attached to an aromatic ring is 1. The highest BCUT2D eigenvalue weighted by molar-refractivity contribution is 5.98. The first-order valence-electron chi connectivity index (χ1n) is 7.84. The van der Waals surface area contributed by atoms with Crippen LogP contribution in [0.3, 0.4) is 0 Å². The first kappa shape index (κ1) is 15.8. The number of anilines is 1. The molecule has 1 heterocycles. The predicted octanol–water partition coefficient (Wildman–Crippen LogP) is 3.11. The lowest BCUT2D eigenvalue weighted by atomic mass is 9.96. The first-order chi connectivity index (χ1) is 10.0. The van der Waals surface area contributed by atoms with E-state index in [0.29, 0.717) is 42.2 Å². The summed E-state index contributed by atoms with van der Waals surface area (Å²) in [7, 11) is 0. The molecule has 1 aromatic carbocycles. The van der Waals surface area contributed by atoms with Crippen molar-refractivity contribution in [1.82, 2.24) is 4.90 Å². The van der Waals surface area contributed by atoms with Crippen LogP contribution in [0.4, 0.5) is 5.69 Å². The molecule has 0 amide bonds. The average Bonchev–Trinajstić information content (AvgIpc) is 2.45. The van der Waals surface area contributed by atoms with E-state index in [1.807, 2.05) is 13.0 Å². The molecule has 0 saturated carbocycles. The lowest BCUT2D eigenvalue weighted by Crippen LogP contribution is -2.46. The number of benzene rings is 1. The quantitative estimate of drug-likeness (QED) is 0.668. The maximum Gasteiger partial charge on any atom is 0.176 e. The minimum absolute atomic E-state index is 0.130. The zero-order chi connectivity index (χ0) is 15.4. The standard InChI is InChI=1S/C17H26N2O2/c1-4-21-17-9-8-14(10-15(17)18)16(20)11-19-12(2)6-5-7-13(19)3/h8-10,12-13H,4-7,11,18H2,1-3H3. The van der Waals surface area contributed by atoms with Gasteiger partial charge in [-0.05, 0) is 51.8 Å². The van der Waals surface area contributed by atoms with Gasteiger partial charge in [-0.1, -0.05) is 6.42 Å². The fourth-order valence-electron chi connectivity index (χ4n) is 3.05. The van der Waals surface area contributed by atoms with Crippen LogP contribution in [0.1, 0.15) is 50.4 Å². The molecule has 2 rings (SSSR count). The first-order valence-corrected chi connectivity index (χ1v) is 7.84. The number of Topliss-reactive ketones (excluding diaryl/α,β-unsaturated/α-hetero) is 1. The minimum Gasteiger partial charge on any atom is -0.492 e. The van der Waals surface area contributed by atoms with E-state index in [1.54, 1.807) is 12.1 Å². The molecule has 2 unspecified atom stereocenters. The molecule has 4 nitrogen and oxygen atoms in total. The van der Waals surface area contributed by atoms with Crippen LogP contribution in [0.2, 0.25) is 0 Å². The Balaban J connectivity index is 2.07. The van der Waals surface area contributed by atoms with E-state index < -0.39 is 0 Å². The molecule has 1 fully saturated rings. The average molecular weight is 290 g/mol. The largest absolute Gasteiger partial charge is 0.492 e. The van der Waals surface area contributed by atoms with Crippen LogP contribution >= 0.6 is 0 Å². The molecular weight excluding hydrogens is 264 g/mol. The summed E-state index contributed by atoms with van der Waals surface area (Å²) >= 11 is 0. The normalized spacial score (nSPS) is 23.0. The highest BCUT2D eigenvalue weighted by Crippen LogP contribution is 2.25. The van der Waals surface area contributed by atoms with E-state index in [-0.39, 0.29) is 5.78 Å². The van der Waals surface area contributed by atoms with E-state index in [9.17, 15) is 4.79 Å². The molecule has 0 aromatic heterocycles. The number of ether oxygens (including phenoxy) is 1. The van der Waals surface area contributed by atoms with Crippen molar-refractivity contribution in [2.24, 2.45) is 0 Å². The number of piperidine rings is 1. The van der Waals surface area contributed by atoms with Gasteiger partial charge in [0.1, 0.15) is 5.75 Å². The van der Waals surface area contributed by atoms with Gasteiger partial charge in [-0.25, -0.2) is 0 Å². The van der Waals surface area contributed by atoms with Crippen LogP contribution in [0.25, 0.3) is 0 Å². The van der Waals surface area contributed by atoms with Crippen LogP contribution in [0.15, 0.2) is 18.2 Å². The third-order valence-electron chi connectivity index (χ3n) is 4.33. The van der Waals surface area contributed by atoms with Gasteiger partial charge in [0.25, 0.3) is 0 Å². The highest BCUT2D eigenvalue weighted by atomic mass is 16.5. The SMILES string of the molecule is CCOc1ccc(C(=O)CN2C(C)CCCC2C)cc1N. The van der Waals surface area contributed by atoms with E-state index in [4.69, 9.17) is 10.5 Å². The zero-order valence-electron chi connectivity index (χ0n) is 13.3. The number of carbonyl (C=O) groups excluding carboxylic acids is 1.